The van der Waals surface area contributed by atoms with Gasteiger partial charge in [0.15, 0.2) is 0 Å². The van der Waals surface area contributed by atoms with E-state index in [2.05, 4.69) is 10.3 Å². The summed E-state index contributed by atoms with van der Waals surface area (Å²) in [5, 5.41) is 16.9. The fourth-order valence-corrected chi connectivity index (χ4v) is 1.75. The topological polar surface area (TPSA) is 60.2 Å². The van der Waals surface area contributed by atoms with Gasteiger partial charge in [-0.2, -0.15) is 0 Å². The first-order valence-electron chi connectivity index (χ1n) is 6.04. The number of para-hydroxylation sites is 1. The monoisotopic (exact) mass is 247 g/mol. The van der Waals surface area contributed by atoms with Gasteiger partial charge in [-0.05, 0) is 13.0 Å². The van der Waals surface area contributed by atoms with Crippen molar-refractivity contribution >= 4 is 0 Å². The standard InChI is InChI=1S/C13H17N3O2/c1-2-18-13-6-4-3-5-11(13)9-16-10-12(7-8-17)14-15-16/h3-6,10,17H,2,7-9H2,1H3. The van der Waals surface area contributed by atoms with Crippen LogP contribution in [0.15, 0.2) is 30.5 Å². The molecule has 1 N–H and O–H groups in total. The molecule has 0 bridgehead atoms. The number of aliphatic hydroxyl groups is 1. The van der Waals surface area contributed by atoms with Crippen molar-refractivity contribution in [3.05, 3.63) is 41.7 Å². The molecule has 1 aromatic carbocycles. The third-order valence-corrected chi connectivity index (χ3v) is 2.56. The van der Waals surface area contributed by atoms with Crippen LogP contribution >= 0.6 is 0 Å². The molecule has 0 radical (unpaired) electrons. The maximum absolute atomic E-state index is 8.84. The predicted octanol–water partition coefficient (Wildman–Crippen LogP) is 1.26. The van der Waals surface area contributed by atoms with Crippen molar-refractivity contribution in [1.29, 1.82) is 0 Å². The molecule has 0 saturated carbocycles. The van der Waals surface area contributed by atoms with Gasteiger partial charge in [-0.15, -0.1) is 5.10 Å². The summed E-state index contributed by atoms with van der Waals surface area (Å²) in [7, 11) is 0. The van der Waals surface area contributed by atoms with E-state index in [0.717, 1.165) is 17.0 Å². The van der Waals surface area contributed by atoms with Crippen LogP contribution < -0.4 is 4.74 Å². The van der Waals surface area contributed by atoms with E-state index in [4.69, 9.17) is 9.84 Å². The molecule has 0 atom stereocenters. The van der Waals surface area contributed by atoms with E-state index in [1.54, 1.807) is 4.68 Å². The molecule has 0 unspecified atom stereocenters. The Bertz CT molecular complexity index is 496. The van der Waals surface area contributed by atoms with Crippen molar-refractivity contribution in [1.82, 2.24) is 15.0 Å². The molecular weight excluding hydrogens is 230 g/mol. The quantitative estimate of drug-likeness (QED) is 0.834. The van der Waals surface area contributed by atoms with Gasteiger partial charge in [-0.1, -0.05) is 23.4 Å². The minimum atomic E-state index is 0.0915. The molecule has 0 aliphatic carbocycles. The first-order chi connectivity index (χ1) is 8.83. The maximum Gasteiger partial charge on any atom is 0.124 e. The second kappa shape index (κ2) is 6.16. The van der Waals surface area contributed by atoms with Gasteiger partial charge in [0.1, 0.15) is 5.75 Å². The number of hydrogen-bond donors (Lipinski definition) is 1. The molecule has 0 spiro atoms. The number of benzene rings is 1. The van der Waals surface area contributed by atoms with Gasteiger partial charge >= 0.3 is 0 Å². The Morgan fingerprint density at radius 3 is 2.94 bits per heavy atom. The summed E-state index contributed by atoms with van der Waals surface area (Å²) in [5.74, 6) is 0.874. The molecule has 1 aromatic heterocycles. The Balaban J connectivity index is 2.12. The normalized spacial score (nSPS) is 10.6. The van der Waals surface area contributed by atoms with Gasteiger partial charge < -0.3 is 9.84 Å². The summed E-state index contributed by atoms with van der Waals surface area (Å²) < 4.78 is 7.31. The predicted molar refractivity (Wildman–Crippen MR) is 67.5 cm³/mol. The van der Waals surface area contributed by atoms with Crippen LogP contribution in [0.25, 0.3) is 0 Å². The maximum atomic E-state index is 8.84. The first-order valence-corrected chi connectivity index (χ1v) is 6.04. The van der Waals surface area contributed by atoms with Crippen LogP contribution in [0.4, 0.5) is 0 Å². The smallest absolute Gasteiger partial charge is 0.124 e. The lowest BCUT2D eigenvalue weighted by molar-refractivity contribution is 0.298. The van der Waals surface area contributed by atoms with Crippen molar-refractivity contribution in [2.24, 2.45) is 0 Å². The second-order valence-electron chi connectivity index (χ2n) is 3.92. The molecule has 0 saturated heterocycles. The lowest BCUT2D eigenvalue weighted by Crippen LogP contribution is -2.03. The number of ether oxygens (including phenoxy) is 1. The SMILES string of the molecule is CCOc1ccccc1Cn1cc(CCO)nn1. The van der Waals surface area contributed by atoms with Gasteiger partial charge in [0.2, 0.25) is 0 Å². The molecule has 5 nitrogen and oxygen atoms in total. The average Bonchev–Trinajstić information content (AvgIpc) is 2.80. The minimum absolute atomic E-state index is 0.0915. The van der Waals surface area contributed by atoms with E-state index in [-0.39, 0.29) is 6.61 Å². The highest BCUT2D eigenvalue weighted by molar-refractivity contribution is 5.33. The van der Waals surface area contributed by atoms with Crippen LogP contribution in [0.3, 0.4) is 0 Å². The van der Waals surface area contributed by atoms with Crippen molar-refractivity contribution in [3.8, 4) is 5.75 Å². The van der Waals surface area contributed by atoms with Gasteiger partial charge in [0, 0.05) is 24.8 Å². The molecular formula is C13H17N3O2. The fraction of sp³-hybridized carbons (Fsp3) is 0.385. The third-order valence-electron chi connectivity index (χ3n) is 2.56. The van der Waals surface area contributed by atoms with Gasteiger partial charge in [0.25, 0.3) is 0 Å². The fourth-order valence-electron chi connectivity index (χ4n) is 1.75. The number of nitrogens with zero attached hydrogens (tertiary/aromatic N) is 3. The Labute approximate surface area is 106 Å². The highest BCUT2D eigenvalue weighted by Gasteiger charge is 2.05. The average molecular weight is 247 g/mol. The summed E-state index contributed by atoms with van der Waals surface area (Å²) in [4.78, 5) is 0. The first kappa shape index (κ1) is 12.6. The van der Waals surface area contributed by atoms with Crippen molar-refractivity contribution in [2.75, 3.05) is 13.2 Å². The van der Waals surface area contributed by atoms with Gasteiger partial charge in [-0.3, -0.25) is 0 Å². The molecule has 0 fully saturated rings. The Hall–Kier alpha value is -1.88. The number of aromatic nitrogens is 3. The Morgan fingerprint density at radius 2 is 2.17 bits per heavy atom. The van der Waals surface area contributed by atoms with E-state index in [9.17, 15) is 0 Å². The van der Waals surface area contributed by atoms with E-state index < -0.39 is 0 Å². The third kappa shape index (κ3) is 3.07. The zero-order valence-electron chi connectivity index (χ0n) is 10.4. The van der Waals surface area contributed by atoms with Crippen LogP contribution in [0.5, 0.6) is 5.75 Å². The highest BCUT2D eigenvalue weighted by atomic mass is 16.5. The van der Waals surface area contributed by atoms with E-state index in [1.165, 1.54) is 0 Å². The number of rotatable bonds is 6. The molecule has 2 rings (SSSR count). The zero-order valence-corrected chi connectivity index (χ0v) is 10.4. The molecule has 0 aliphatic heterocycles. The van der Waals surface area contributed by atoms with E-state index in [0.29, 0.717) is 19.6 Å². The molecule has 96 valence electrons. The van der Waals surface area contributed by atoms with Crippen LogP contribution in [0.1, 0.15) is 18.2 Å². The molecule has 5 heteroatoms. The Morgan fingerprint density at radius 1 is 1.33 bits per heavy atom. The van der Waals surface area contributed by atoms with Crippen LogP contribution in [-0.4, -0.2) is 33.3 Å². The van der Waals surface area contributed by atoms with Crippen molar-refractivity contribution in [3.63, 3.8) is 0 Å². The van der Waals surface area contributed by atoms with Gasteiger partial charge in [-0.25, -0.2) is 4.68 Å². The van der Waals surface area contributed by atoms with E-state index in [1.807, 2.05) is 37.4 Å². The molecule has 18 heavy (non-hydrogen) atoms. The van der Waals surface area contributed by atoms with Crippen LogP contribution in [0.2, 0.25) is 0 Å². The Kier molecular flexibility index (Phi) is 4.30. The number of hydrogen-bond acceptors (Lipinski definition) is 4. The van der Waals surface area contributed by atoms with Crippen molar-refractivity contribution < 1.29 is 9.84 Å². The lowest BCUT2D eigenvalue weighted by Gasteiger charge is -2.09. The largest absolute Gasteiger partial charge is 0.494 e. The lowest BCUT2D eigenvalue weighted by atomic mass is 10.2. The van der Waals surface area contributed by atoms with E-state index >= 15 is 0 Å². The van der Waals surface area contributed by atoms with Crippen LogP contribution in [-0.2, 0) is 13.0 Å². The second-order valence-corrected chi connectivity index (χ2v) is 3.92. The molecule has 0 amide bonds. The van der Waals surface area contributed by atoms with Crippen LogP contribution in [0, 0.1) is 0 Å². The highest BCUT2D eigenvalue weighted by Crippen LogP contribution is 2.18. The summed E-state index contributed by atoms with van der Waals surface area (Å²) in [6.07, 6.45) is 2.38. The van der Waals surface area contributed by atoms with Crippen molar-refractivity contribution in [2.45, 2.75) is 19.9 Å². The summed E-state index contributed by atoms with van der Waals surface area (Å²) in [6, 6.07) is 7.89. The number of aliphatic hydroxyl groups excluding tert-OH is 1. The molecule has 0 aliphatic rings. The van der Waals surface area contributed by atoms with Gasteiger partial charge in [0.05, 0.1) is 18.8 Å². The summed E-state index contributed by atoms with van der Waals surface area (Å²) in [5.41, 5.74) is 1.87. The summed E-state index contributed by atoms with van der Waals surface area (Å²) in [6.45, 7) is 3.32. The molecule has 2 aromatic rings. The zero-order chi connectivity index (χ0) is 12.8. The minimum Gasteiger partial charge on any atom is -0.494 e. The molecule has 1 heterocycles. The summed E-state index contributed by atoms with van der Waals surface area (Å²) >= 11 is 0.